The van der Waals surface area contributed by atoms with Gasteiger partial charge in [0, 0.05) is 0 Å². The number of fused-ring (bicyclic) bond motifs is 6. The monoisotopic (exact) mass is 404 g/mol. The molecule has 1 atom stereocenters. The summed E-state index contributed by atoms with van der Waals surface area (Å²) in [7, 11) is 0. The van der Waals surface area contributed by atoms with Gasteiger partial charge in [0.2, 0.25) is 0 Å². The molecular weight excluding hydrogens is 380 g/mol. The van der Waals surface area contributed by atoms with Crippen molar-refractivity contribution in [1.29, 1.82) is 0 Å². The minimum Gasteiger partial charge on any atom is -0.366 e. The maximum atomic E-state index is 6.57. The van der Waals surface area contributed by atoms with Gasteiger partial charge in [-0.3, -0.25) is 0 Å². The summed E-state index contributed by atoms with van der Waals surface area (Å²) < 4.78 is 13.1. The molecular formula is C29H24O2. The fourth-order valence-electron chi connectivity index (χ4n) is 5.05. The Kier molecular flexibility index (Phi) is 4.48. The predicted molar refractivity (Wildman–Crippen MR) is 124 cm³/mol. The van der Waals surface area contributed by atoms with Crippen molar-refractivity contribution < 1.29 is 9.47 Å². The van der Waals surface area contributed by atoms with Gasteiger partial charge in [-0.05, 0) is 51.4 Å². The van der Waals surface area contributed by atoms with Crippen LogP contribution in [0.1, 0.15) is 41.4 Å². The first-order valence-electron chi connectivity index (χ1n) is 10.9. The summed E-state index contributed by atoms with van der Waals surface area (Å²) in [4.78, 5) is 0. The lowest BCUT2D eigenvalue weighted by atomic mass is 10.1. The van der Waals surface area contributed by atoms with Crippen molar-refractivity contribution >= 4 is 0 Å². The van der Waals surface area contributed by atoms with Gasteiger partial charge in [0.05, 0.1) is 12.7 Å². The lowest BCUT2D eigenvalue weighted by Crippen LogP contribution is -2.20. The van der Waals surface area contributed by atoms with Crippen LogP contribution >= 0.6 is 0 Å². The Bertz CT molecular complexity index is 1170. The van der Waals surface area contributed by atoms with Gasteiger partial charge < -0.3 is 9.47 Å². The molecule has 152 valence electrons. The van der Waals surface area contributed by atoms with Gasteiger partial charge in [-0.1, -0.05) is 97.1 Å². The first-order valence-corrected chi connectivity index (χ1v) is 10.9. The van der Waals surface area contributed by atoms with E-state index in [9.17, 15) is 0 Å². The Balaban J connectivity index is 1.23. The number of hydrogen-bond donors (Lipinski definition) is 0. The van der Waals surface area contributed by atoms with Crippen molar-refractivity contribution in [3.05, 3.63) is 119 Å². The molecule has 2 aliphatic rings. The number of hydrogen-bond acceptors (Lipinski definition) is 2. The predicted octanol–water partition coefficient (Wildman–Crippen LogP) is 6.95. The van der Waals surface area contributed by atoms with E-state index < -0.39 is 0 Å². The van der Waals surface area contributed by atoms with Crippen LogP contribution in [0.3, 0.4) is 0 Å². The van der Waals surface area contributed by atoms with Crippen molar-refractivity contribution in [2.75, 3.05) is 6.61 Å². The SMILES string of the molecule is CC(COC1c2ccccc2-c2ccccc21)OC1c2ccccc2-c2ccccc21. The van der Waals surface area contributed by atoms with Crippen molar-refractivity contribution in [3.63, 3.8) is 0 Å². The minimum atomic E-state index is -0.0471. The molecule has 0 saturated carbocycles. The van der Waals surface area contributed by atoms with Gasteiger partial charge in [0.25, 0.3) is 0 Å². The minimum absolute atomic E-state index is 0.0378. The fraction of sp³-hybridized carbons (Fsp3) is 0.172. The van der Waals surface area contributed by atoms with E-state index in [1.165, 1.54) is 44.5 Å². The lowest BCUT2D eigenvalue weighted by Gasteiger charge is -2.23. The number of benzene rings is 4. The number of ether oxygens (including phenoxy) is 2. The number of rotatable bonds is 5. The standard InChI is InChI=1S/C29H24O2/c1-19(31-29-26-16-8-4-12-22(26)23-13-5-9-17-27(23)29)18-30-28-24-14-6-2-10-20(24)21-11-3-7-15-25(21)28/h2-17,19,28-29H,18H2,1H3. The molecule has 0 N–H and O–H groups in total. The third-order valence-electron chi connectivity index (χ3n) is 6.42. The normalized spacial score (nSPS) is 15.3. The molecule has 0 heterocycles. The third-order valence-corrected chi connectivity index (χ3v) is 6.42. The smallest absolute Gasteiger partial charge is 0.109 e. The molecule has 0 amide bonds. The Morgan fingerprint density at radius 1 is 0.548 bits per heavy atom. The highest BCUT2D eigenvalue weighted by Crippen LogP contribution is 2.47. The van der Waals surface area contributed by atoms with Gasteiger partial charge in [0.15, 0.2) is 0 Å². The van der Waals surface area contributed by atoms with Crippen molar-refractivity contribution in [1.82, 2.24) is 0 Å². The topological polar surface area (TPSA) is 18.5 Å². The molecule has 0 aromatic heterocycles. The molecule has 0 spiro atoms. The van der Waals surface area contributed by atoms with Crippen LogP contribution in [0.15, 0.2) is 97.1 Å². The van der Waals surface area contributed by atoms with Gasteiger partial charge in [-0.2, -0.15) is 0 Å². The van der Waals surface area contributed by atoms with Gasteiger partial charge in [0.1, 0.15) is 12.2 Å². The molecule has 2 heteroatoms. The zero-order valence-corrected chi connectivity index (χ0v) is 17.5. The summed E-state index contributed by atoms with van der Waals surface area (Å²) in [5.41, 5.74) is 10.1. The van der Waals surface area contributed by atoms with Crippen LogP contribution in [-0.2, 0) is 9.47 Å². The second kappa shape index (κ2) is 7.49. The maximum absolute atomic E-state index is 6.57. The largest absolute Gasteiger partial charge is 0.366 e. The quantitative estimate of drug-likeness (QED) is 0.358. The molecule has 4 aromatic carbocycles. The Morgan fingerprint density at radius 2 is 0.903 bits per heavy atom. The second-order valence-electron chi connectivity index (χ2n) is 8.39. The average molecular weight is 405 g/mol. The van der Waals surface area contributed by atoms with E-state index >= 15 is 0 Å². The van der Waals surface area contributed by atoms with E-state index in [2.05, 4.69) is 104 Å². The Morgan fingerprint density at radius 3 is 1.32 bits per heavy atom. The zero-order valence-electron chi connectivity index (χ0n) is 17.5. The summed E-state index contributed by atoms with van der Waals surface area (Å²) in [6.45, 7) is 2.64. The Labute approximate surface area is 183 Å². The van der Waals surface area contributed by atoms with Crippen LogP contribution in [0, 0.1) is 0 Å². The molecule has 0 aliphatic heterocycles. The third kappa shape index (κ3) is 3.03. The van der Waals surface area contributed by atoms with Crippen molar-refractivity contribution in [2.24, 2.45) is 0 Å². The molecule has 31 heavy (non-hydrogen) atoms. The average Bonchev–Trinajstić information content (AvgIpc) is 3.31. The van der Waals surface area contributed by atoms with Crippen LogP contribution in [-0.4, -0.2) is 12.7 Å². The molecule has 1 unspecified atom stereocenters. The van der Waals surface area contributed by atoms with Crippen molar-refractivity contribution in [3.8, 4) is 22.3 Å². The summed E-state index contributed by atoms with van der Waals surface area (Å²) in [5, 5.41) is 0. The highest BCUT2D eigenvalue weighted by atomic mass is 16.5. The molecule has 0 bridgehead atoms. The van der Waals surface area contributed by atoms with Crippen LogP contribution in [0.4, 0.5) is 0 Å². The maximum Gasteiger partial charge on any atom is 0.109 e. The van der Waals surface area contributed by atoms with E-state index in [4.69, 9.17) is 9.47 Å². The molecule has 0 saturated heterocycles. The zero-order chi connectivity index (χ0) is 20.8. The Hall–Kier alpha value is -3.20. The van der Waals surface area contributed by atoms with Gasteiger partial charge in [-0.25, -0.2) is 0 Å². The van der Waals surface area contributed by atoms with Gasteiger partial charge in [-0.15, -0.1) is 0 Å². The second-order valence-corrected chi connectivity index (χ2v) is 8.39. The summed E-state index contributed by atoms with van der Waals surface area (Å²) in [6, 6.07) is 34.2. The highest BCUT2D eigenvalue weighted by Gasteiger charge is 2.32. The van der Waals surface area contributed by atoms with Crippen LogP contribution < -0.4 is 0 Å². The first kappa shape index (κ1) is 18.6. The summed E-state index contributed by atoms with van der Waals surface area (Å²) in [6.07, 6.45) is -0.125. The summed E-state index contributed by atoms with van der Waals surface area (Å²) in [5.74, 6) is 0. The fourth-order valence-corrected chi connectivity index (χ4v) is 5.05. The van der Waals surface area contributed by atoms with E-state index in [-0.39, 0.29) is 18.3 Å². The highest BCUT2D eigenvalue weighted by molar-refractivity contribution is 5.79. The van der Waals surface area contributed by atoms with Crippen LogP contribution in [0.2, 0.25) is 0 Å². The molecule has 0 fully saturated rings. The first-order chi connectivity index (χ1) is 15.3. The van der Waals surface area contributed by atoms with Gasteiger partial charge >= 0.3 is 0 Å². The molecule has 2 nitrogen and oxygen atoms in total. The van der Waals surface area contributed by atoms with E-state index in [1.54, 1.807) is 0 Å². The van der Waals surface area contributed by atoms with E-state index in [1.807, 2.05) is 0 Å². The lowest BCUT2D eigenvalue weighted by molar-refractivity contribution is -0.0479. The molecule has 2 aliphatic carbocycles. The van der Waals surface area contributed by atoms with Crippen LogP contribution in [0.25, 0.3) is 22.3 Å². The van der Waals surface area contributed by atoms with Crippen LogP contribution in [0.5, 0.6) is 0 Å². The van der Waals surface area contributed by atoms with E-state index in [0.717, 1.165) is 0 Å². The molecule has 0 radical (unpaired) electrons. The molecule has 6 rings (SSSR count). The molecule has 4 aromatic rings. The van der Waals surface area contributed by atoms with E-state index in [0.29, 0.717) is 6.61 Å². The summed E-state index contributed by atoms with van der Waals surface area (Å²) >= 11 is 0. The van der Waals surface area contributed by atoms with Crippen molar-refractivity contribution in [2.45, 2.75) is 25.2 Å².